The van der Waals surface area contributed by atoms with Crippen LogP contribution in [0.3, 0.4) is 0 Å². The van der Waals surface area contributed by atoms with Gasteiger partial charge in [0.2, 0.25) is 5.82 Å². The Bertz CT molecular complexity index is 933. The van der Waals surface area contributed by atoms with Gasteiger partial charge in [-0.15, -0.1) is 16.4 Å². The minimum Gasteiger partial charge on any atom is -0.464 e. The van der Waals surface area contributed by atoms with Gasteiger partial charge in [0.15, 0.2) is 5.82 Å². The molecule has 1 amide bonds. The SMILES string of the molecule is O=C(CNC(=O)c1nc(-c2cccs2)n(-c2ccccc2)n1)OCC1CC1. The lowest BCUT2D eigenvalue weighted by Crippen LogP contribution is -2.31. The van der Waals surface area contributed by atoms with Crippen LogP contribution in [0.15, 0.2) is 47.8 Å². The molecule has 0 radical (unpaired) electrons. The number of nitrogens with zero attached hydrogens (tertiary/aromatic N) is 3. The first kappa shape index (κ1) is 17.4. The van der Waals surface area contributed by atoms with Crippen LogP contribution in [0.25, 0.3) is 16.4 Å². The highest BCUT2D eigenvalue weighted by Gasteiger charge is 2.24. The number of amides is 1. The Morgan fingerprint density at radius 1 is 1.19 bits per heavy atom. The molecular weight excluding hydrogens is 364 g/mol. The van der Waals surface area contributed by atoms with E-state index >= 15 is 0 Å². The Kier molecular flexibility index (Phi) is 4.97. The van der Waals surface area contributed by atoms with Crippen molar-refractivity contribution < 1.29 is 14.3 Å². The number of para-hydroxylation sites is 1. The van der Waals surface area contributed by atoms with Crippen LogP contribution in [-0.4, -0.2) is 39.8 Å². The van der Waals surface area contributed by atoms with Crippen LogP contribution in [-0.2, 0) is 9.53 Å². The van der Waals surface area contributed by atoms with Crippen molar-refractivity contribution in [1.82, 2.24) is 20.1 Å². The highest BCUT2D eigenvalue weighted by Crippen LogP contribution is 2.28. The van der Waals surface area contributed by atoms with E-state index in [1.54, 1.807) is 4.68 Å². The average Bonchev–Trinajstić information content (AvgIpc) is 3.18. The highest BCUT2D eigenvalue weighted by molar-refractivity contribution is 7.13. The van der Waals surface area contributed by atoms with Crippen LogP contribution in [0.5, 0.6) is 0 Å². The fourth-order valence-electron chi connectivity index (χ4n) is 2.50. The second-order valence-corrected chi connectivity index (χ2v) is 7.24. The molecule has 1 N–H and O–H groups in total. The molecule has 3 aromatic rings. The van der Waals surface area contributed by atoms with E-state index in [-0.39, 0.29) is 12.4 Å². The minimum absolute atomic E-state index is 0.0113. The quantitative estimate of drug-likeness (QED) is 0.635. The predicted molar refractivity (Wildman–Crippen MR) is 101 cm³/mol. The molecule has 0 atom stereocenters. The molecule has 0 bridgehead atoms. The van der Waals surface area contributed by atoms with Crippen molar-refractivity contribution in [3.63, 3.8) is 0 Å². The molecular formula is C19H18N4O3S. The molecule has 1 aliphatic carbocycles. The fraction of sp³-hybridized carbons (Fsp3) is 0.263. The molecule has 27 heavy (non-hydrogen) atoms. The summed E-state index contributed by atoms with van der Waals surface area (Å²) in [5, 5.41) is 8.82. The Morgan fingerprint density at radius 2 is 2.00 bits per heavy atom. The number of thiophene rings is 1. The summed E-state index contributed by atoms with van der Waals surface area (Å²) in [7, 11) is 0. The molecule has 0 saturated heterocycles. The zero-order valence-electron chi connectivity index (χ0n) is 14.5. The van der Waals surface area contributed by atoms with Gasteiger partial charge in [0.1, 0.15) is 6.54 Å². The summed E-state index contributed by atoms with van der Waals surface area (Å²) >= 11 is 1.51. The summed E-state index contributed by atoms with van der Waals surface area (Å²) in [4.78, 5) is 29.4. The highest BCUT2D eigenvalue weighted by atomic mass is 32.1. The van der Waals surface area contributed by atoms with Gasteiger partial charge >= 0.3 is 5.97 Å². The minimum atomic E-state index is -0.508. The Labute approximate surface area is 160 Å². The van der Waals surface area contributed by atoms with E-state index in [0.717, 1.165) is 23.4 Å². The first-order valence-corrected chi connectivity index (χ1v) is 9.59. The van der Waals surface area contributed by atoms with E-state index in [4.69, 9.17) is 4.74 Å². The van der Waals surface area contributed by atoms with E-state index in [0.29, 0.717) is 18.3 Å². The number of benzene rings is 1. The maximum atomic E-state index is 12.4. The molecule has 1 fully saturated rings. The van der Waals surface area contributed by atoms with Crippen molar-refractivity contribution in [2.45, 2.75) is 12.8 Å². The smallest absolute Gasteiger partial charge is 0.325 e. The van der Waals surface area contributed by atoms with Gasteiger partial charge in [0.25, 0.3) is 5.91 Å². The normalized spacial score (nSPS) is 13.3. The zero-order chi connectivity index (χ0) is 18.6. The van der Waals surface area contributed by atoms with Gasteiger partial charge in [-0.3, -0.25) is 9.59 Å². The molecule has 0 unspecified atom stereocenters. The van der Waals surface area contributed by atoms with E-state index in [1.165, 1.54) is 11.3 Å². The van der Waals surface area contributed by atoms with Gasteiger partial charge < -0.3 is 10.1 Å². The average molecular weight is 382 g/mol. The summed E-state index contributed by atoms with van der Waals surface area (Å²) in [5.74, 6) is 0.123. The second kappa shape index (κ2) is 7.71. The van der Waals surface area contributed by atoms with Gasteiger partial charge in [0, 0.05) is 0 Å². The monoisotopic (exact) mass is 382 g/mol. The van der Waals surface area contributed by atoms with Crippen molar-refractivity contribution in [2.75, 3.05) is 13.2 Å². The van der Waals surface area contributed by atoms with Gasteiger partial charge in [0.05, 0.1) is 17.2 Å². The lowest BCUT2D eigenvalue weighted by Gasteiger charge is -2.04. The number of rotatable bonds is 7. The third-order valence-electron chi connectivity index (χ3n) is 4.12. The number of nitrogens with one attached hydrogen (secondary N) is 1. The van der Waals surface area contributed by atoms with Crippen molar-refractivity contribution in [2.24, 2.45) is 5.92 Å². The Morgan fingerprint density at radius 3 is 2.70 bits per heavy atom. The largest absolute Gasteiger partial charge is 0.464 e. The molecule has 8 heteroatoms. The van der Waals surface area contributed by atoms with Gasteiger partial charge in [-0.05, 0) is 42.3 Å². The van der Waals surface area contributed by atoms with E-state index in [2.05, 4.69) is 15.4 Å². The van der Waals surface area contributed by atoms with Crippen LogP contribution in [0.4, 0.5) is 0 Å². The first-order chi connectivity index (χ1) is 13.2. The van der Waals surface area contributed by atoms with Gasteiger partial charge in [-0.1, -0.05) is 24.3 Å². The number of esters is 1. The summed E-state index contributed by atoms with van der Waals surface area (Å²) in [6.45, 7) is 0.234. The van der Waals surface area contributed by atoms with Crippen LogP contribution in [0.2, 0.25) is 0 Å². The number of aromatic nitrogens is 3. The third-order valence-corrected chi connectivity index (χ3v) is 4.99. The third kappa shape index (κ3) is 4.22. The van der Waals surface area contributed by atoms with Gasteiger partial charge in [-0.2, -0.15) is 0 Å². The summed E-state index contributed by atoms with van der Waals surface area (Å²) < 4.78 is 6.74. The summed E-state index contributed by atoms with van der Waals surface area (Å²) in [6, 6.07) is 13.3. The molecule has 0 spiro atoms. The number of hydrogen-bond acceptors (Lipinski definition) is 6. The van der Waals surface area contributed by atoms with Crippen LogP contribution in [0, 0.1) is 5.92 Å². The molecule has 2 heterocycles. The lowest BCUT2D eigenvalue weighted by molar-refractivity contribution is -0.142. The van der Waals surface area contributed by atoms with Crippen molar-refractivity contribution in [3.05, 3.63) is 53.7 Å². The second-order valence-electron chi connectivity index (χ2n) is 6.29. The summed E-state index contributed by atoms with van der Waals surface area (Å²) in [6.07, 6.45) is 2.21. The predicted octanol–water partition coefficient (Wildman–Crippen LogP) is 2.68. The van der Waals surface area contributed by atoms with E-state index < -0.39 is 11.9 Å². The van der Waals surface area contributed by atoms with Crippen LogP contribution < -0.4 is 5.32 Å². The molecule has 1 saturated carbocycles. The lowest BCUT2D eigenvalue weighted by atomic mass is 10.3. The zero-order valence-corrected chi connectivity index (χ0v) is 15.3. The molecule has 4 rings (SSSR count). The number of ether oxygens (including phenoxy) is 1. The standard InChI is InChI=1S/C19H18N4O3S/c24-16(26-12-13-8-9-13)11-20-19(25)17-21-18(15-7-4-10-27-15)23(22-17)14-5-2-1-3-6-14/h1-7,10,13H,8-9,11-12H2,(H,20,25). The van der Waals surface area contributed by atoms with Gasteiger partial charge in [-0.25, -0.2) is 9.67 Å². The molecule has 7 nitrogen and oxygen atoms in total. The van der Waals surface area contributed by atoms with Crippen molar-refractivity contribution >= 4 is 23.2 Å². The Balaban J connectivity index is 1.50. The number of carbonyl (C=O) groups excluding carboxylic acids is 2. The molecule has 0 aliphatic heterocycles. The fourth-order valence-corrected chi connectivity index (χ4v) is 3.20. The molecule has 1 aromatic carbocycles. The number of carbonyl (C=O) groups is 2. The summed E-state index contributed by atoms with van der Waals surface area (Å²) in [5.41, 5.74) is 0.802. The topological polar surface area (TPSA) is 86.1 Å². The van der Waals surface area contributed by atoms with E-state index in [1.807, 2.05) is 47.8 Å². The van der Waals surface area contributed by atoms with Crippen molar-refractivity contribution in [3.8, 4) is 16.4 Å². The van der Waals surface area contributed by atoms with E-state index in [9.17, 15) is 9.59 Å². The number of hydrogen-bond donors (Lipinski definition) is 1. The molecule has 1 aliphatic rings. The maximum Gasteiger partial charge on any atom is 0.325 e. The Hall–Kier alpha value is -3.00. The van der Waals surface area contributed by atoms with Crippen LogP contribution in [0.1, 0.15) is 23.5 Å². The molecule has 2 aromatic heterocycles. The van der Waals surface area contributed by atoms with Crippen molar-refractivity contribution in [1.29, 1.82) is 0 Å². The van der Waals surface area contributed by atoms with Crippen LogP contribution >= 0.6 is 11.3 Å². The maximum absolute atomic E-state index is 12.4. The first-order valence-electron chi connectivity index (χ1n) is 8.71. The molecule has 138 valence electrons.